The molecule has 0 amide bonds. The topological polar surface area (TPSA) is 6.48 Å². The number of nitrogens with zero attached hydrogens (tertiary/aromatic N) is 2. The third-order valence-corrected chi connectivity index (χ3v) is 5.46. The van der Waals surface area contributed by atoms with E-state index in [1.165, 1.54) is 0 Å². The fourth-order valence-electron chi connectivity index (χ4n) is 1.38. The smallest absolute Gasteiger partial charge is 0.137 e. The predicted molar refractivity (Wildman–Crippen MR) is 109 cm³/mol. The summed E-state index contributed by atoms with van der Waals surface area (Å²) in [5.74, 6) is 0. The first-order valence-electron chi connectivity index (χ1n) is 6.37. The molecule has 0 heterocycles. The van der Waals surface area contributed by atoms with Gasteiger partial charge in [-0.25, -0.2) is 0 Å². The molecule has 0 aliphatic carbocycles. The van der Waals surface area contributed by atoms with Crippen LogP contribution in [0.25, 0.3) is 0 Å². The molecular formula is C15H22N2S4. The zero-order valence-corrected chi connectivity index (χ0v) is 15.5. The van der Waals surface area contributed by atoms with Crippen molar-refractivity contribution in [2.24, 2.45) is 0 Å². The quantitative estimate of drug-likeness (QED) is 0.323. The summed E-state index contributed by atoms with van der Waals surface area (Å²) in [6.45, 7) is 17.9. The van der Waals surface area contributed by atoms with Gasteiger partial charge in [0, 0.05) is 26.2 Å². The van der Waals surface area contributed by atoms with Crippen LogP contribution in [0, 0.1) is 0 Å². The summed E-state index contributed by atoms with van der Waals surface area (Å²) in [6, 6.07) is 0. The van der Waals surface area contributed by atoms with Crippen LogP contribution in [0.3, 0.4) is 0 Å². The minimum Gasteiger partial charge on any atom is -0.350 e. The average Bonchev–Trinajstić information content (AvgIpc) is 2.46. The Labute approximate surface area is 148 Å². The van der Waals surface area contributed by atoms with Gasteiger partial charge >= 0.3 is 0 Å². The molecule has 0 aliphatic rings. The Kier molecular flexibility index (Phi) is 12.8. The van der Waals surface area contributed by atoms with Crippen molar-refractivity contribution < 1.29 is 0 Å². The molecule has 0 aromatic rings. The van der Waals surface area contributed by atoms with Crippen LogP contribution in [0.2, 0.25) is 0 Å². The number of hydrogen-bond acceptors (Lipinski definition) is 4. The molecule has 116 valence electrons. The third-order valence-electron chi connectivity index (χ3n) is 2.28. The van der Waals surface area contributed by atoms with Gasteiger partial charge in [-0.3, -0.25) is 0 Å². The summed E-state index contributed by atoms with van der Waals surface area (Å²) < 4.78 is 1.67. The maximum atomic E-state index is 5.42. The maximum absolute atomic E-state index is 5.42. The lowest BCUT2D eigenvalue weighted by atomic mass is 10.5. The molecule has 0 atom stereocenters. The largest absolute Gasteiger partial charge is 0.350 e. The number of thiocarbonyl (C=S) groups is 2. The summed E-state index contributed by atoms with van der Waals surface area (Å²) in [6.07, 6.45) is 7.35. The highest BCUT2D eigenvalue weighted by atomic mass is 32.2. The lowest BCUT2D eigenvalue weighted by Gasteiger charge is -2.23. The van der Waals surface area contributed by atoms with Gasteiger partial charge in [0.25, 0.3) is 0 Å². The van der Waals surface area contributed by atoms with Crippen LogP contribution >= 0.6 is 48.0 Å². The van der Waals surface area contributed by atoms with E-state index in [0.717, 1.165) is 39.9 Å². The molecule has 21 heavy (non-hydrogen) atoms. The Morgan fingerprint density at radius 3 is 1.24 bits per heavy atom. The Morgan fingerprint density at radius 2 is 1.00 bits per heavy atom. The molecule has 0 N–H and O–H groups in total. The van der Waals surface area contributed by atoms with Crippen LogP contribution in [0.15, 0.2) is 50.6 Å². The van der Waals surface area contributed by atoms with Crippen molar-refractivity contribution in [1.29, 1.82) is 0 Å². The van der Waals surface area contributed by atoms with Crippen LogP contribution in [0.1, 0.15) is 0 Å². The second-order valence-corrected chi connectivity index (χ2v) is 7.49. The molecule has 0 unspecified atom stereocenters. The predicted octanol–water partition coefficient (Wildman–Crippen LogP) is 4.33. The van der Waals surface area contributed by atoms with Gasteiger partial charge in [-0.2, -0.15) is 0 Å². The van der Waals surface area contributed by atoms with Crippen molar-refractivity contribution in [3.8, 4) is 0 Å². The second kappa shape index (κ2) is 13.1. The summed E-state index contributed by atoms with van der Waals surface area (Å²) in [5.41, 5.74) is 0. The molecule has 0 aromatic heterocycles. The molecule has 0 rings (SSSR count). The van der Waals surface area contributed by atoms with Crippen molar-refractivity contribution in [1.82, 2.24) is 9.80 Å². The van der Waals surface area contributed by atoms with Gasteiger partial charge in [-0.1, -0.05) is 72.3 Å². The molecule has 0 spiro atoms. The van der Waals surface area contributed by atoms with Crippen LogP contribution in [0.4, 0.5) is 0 Å². The standard InChI is InChI=1S/C15H22N2S4/c1-5-9-16(10-6-2)14(18)20-13-21-15(19)17(11-7-3)12-8-4/h5-8H,1-4,9-13H2. The first-order chi connectivity index (χ1) is 10.1. The van der Waals surface area contributed by atoms with E-state index < -0.39 is 0 Å². The van der Waals surface area contributed by atoms with Crippen molar-refractivity contribution in [3.05, 3.63) is 50.6 Å². The van der Waals surface area contributed by atoms with Crippen LogP contribution in [-0.4, -0.2) is 49.7 Å². The third kappa shape index (κ3) is 9.14. The SMILES string of the molecule is C=CCN(CC=C)C(=S)SCSC(=S)N(CC=C)CC=C. The van der Waals surface area contributed by atoms with E-state index in [-0.39, 0.29) is 0 Å². The van der Waals surface area contributed by atoms with Gasteiger partial charge in [0.2, 0.25) is 0 Å². The average molecular weight is 359 g/mol. The van der Waals surface area contributed by atoms with Gasteiger partial charge in [0.05, 0.1) is 5.08 Å². The Morgan fingerprint density at radius 1 is 0.714 bits per heavy atom. The summed E-state index contributed by atoms with van der Waals surface area (Å²) in [7, 11) is 0. The zero-order valence-electron chi connectivity index (χ0n) is 12.2. The molecule has 0 aromatic carbocycles. The minimum absolute atomic E-state index is 0.728. The monoisotopic (exact) mass is 358 g/mol. The second-order valence-electron chi connectivity index (χ2n) is 3.90. The van der Waals surface area contributed by atoms with Gasteiger partial charge in [0.1, 0.15) is 8.64 Å². The minimum atomic E-state index is 0.728. The first-order valence-corrected chi connectivity index (χ1v) is 9.16. The van der Waals surface area contributed by atoms with E-state index in [2.05, 4.69) is 36.1 Å². The lowest BCUT2D eigenvalue weighted by molar-refractivity contribution is 0.532. The van der Waals surface area contributed by atoms with Gasteiger partial charge in [0.15, 0.2) is 0 Å². The molecule has 0 aliphatic heterocycles. The van der Waals surface area contributed by atoms with Crippen molar-refractivity contribution in [2.75, 3.05) is 31.3 Å². The van der Waals surface area contributed by atoms with E-state index >= 15 is 0 Å². The Bertz CT molecular complexity index is 337. The highest BCUT2D eigenvalue weighted by molar-refractivity contribution is 8.35. The van der Waals surface area contributed by atoms with Crippen molar-refractivity contribution >= 4 is 56.6 Å². The van der Waals surface area contributed by atoms with Gasteiger partial charge < -0.3 is 9.80 Å². The van der Waals surface area contributed by atoms with Gasteiger partial charge in [-0.15, -0.1) is 26.3 Å². The summed E-state index contributed by atoms with van der Waals surface area (Å²) in [5, 5.41) is 0.785. The fraction of sp³-hybridized carbons (Fsp3) is 0.333. The maximum Gasteiger partial charge on any atom is 0.137 e. The highest BCUT2D eigenvalue weighted by Crippen LogP contribution is 2.19. The molecule has 0 radical (unpaired) electrons. The van der Waals surface area contributed by atoms with Crippen LogP contribution in [-0.2, 0) is 0 Å². The molecular weight excluding hydrogens is 336 g/mol. The summed E-state index contributed by atoms with van der Waals surface area (Å²) in [4.78, 5) is 4.10. The van der Waals surface area contributed by atoms with E-state index in [9.17, 15) is 0 Å². The van der Waals surface area contributed by atoms with E-state index in [1.54, 1.807) is 23.5 Å². The van der Waals surface area contributed by atoms with E-state index in [0.29, 0.717) is 0 Å². The molecule has 0 fully saturated rings. The zero-order chi connectivity index (χ0) is 16.1. The Balaban J connectivity index is 4.25. The molecule has 0 bridgehead atoms. The van der Waals surface area contributed by atoms with Crippen molar-refractivity contribution in [3.63, 3.8) is 0 Å². The van der Waals surface area contributed by atoms with Crippen LogP contribution < -0.4 is 0 Å². The molecule has 0 saturated carbocycles. The van der Waals surface area contributed by atoms with E-state index in [4.69, 9.17) is 24.4 Å². The lowest BCUT2D eigenvalue weighted by Crippen LogP contribution is -2.29. The number of hydrogen-bond donors (Lipinski definition) is 0. The molecule has 6 heteroatoms. The van der Waals surface area contributed by atoms with E-state index in [1.807, 2.05) is 24.3 Å². The highest BCUT2D eigenvalue weighted by Gasteiger charge is 2.10. The molecule has 2 nitrogen and oxygen atoms in total. The fourth-order valence-corrected chi connectivity index (χ4v) is 4.25. The van der Waals surface area contributed by atoms with Crippen LogP contribution in [0.5, 0.6) is 0 Å². The Hall–Kier alpha value is -0.560. The first kappa shape index (κ1) is 20.4. The number of thioether (sulfide) groups is 2. The van der Waals surface area contributed by atoms with Crippen molar-refractivity contribution in [2.45, 2.75) is 0 Å². The van der Waals surface area contributed by atoms with Gasteiger partial charge in [-0.05, 0) is 0 Å². The number of rotatable bonds is 10. The normalized spacial score (nSPS) is 9.52. The summed E-state index contributed by atoms with van der Waals surface area (Å²) >= 11 is 14.0. The molecule has 0 saturated heterocycles.